The Morgan fingerprint density at radius 2 is 2.36 bits per heavy atom. The number of H-pyrrole nitrogens is 1. The normalized spacial score (nSPS) is 19.3. The van der Waals surface area contributed by atoms with Crippen LogP contribution in [0.15, 0.2) is 18.2 Å². The summed E-state index contributed by atoms with van der Waals surface area (Å²) in [7, 11) is 1.67. The van der Waals surface area contributed by atoms with Gasteiger partial charge in [0.15, 0.2) is 5.82 Å². The van der Waals surface area contributed by atoms with Crippen LogP contribution in [0.3, 0.4) is 0 Å². The highest BCUT2D eigenvalue weighted by Crippen LogP contribution is 2.26. The van der Waals surface area contributed by atoms with Crippen LogP contribution in [-0.2, 0) is 11.3 Å². The molecule has 0 saturated carbocycles. The molecule has 0 bridgehead atoms. The van der Waals surface area contributed by atoms with Crippen LogP contribution in [-0.4, -0.2) is 46.9 Å². The lowest BCUT2D eigenvalue weighted by Gasteiger charge is -2.31. The van der Waals surface area contributed by atoms with E-state index in [0.29, 0.717) is 17.5 Å². The van der Waals surface area contributed by atoms with Crippen molar-refractivity contribution >= 4 is 11.6 Å². The Morgan fingerprint density at radius 3 is 3.09 bits per heavy atom. The Morgan fingerprint density at radius 1 is 1.50 bits per heavy atom. The van der Waals surface area contributed by atoms with Crippen molar-refractivity contribution < 1.29 is 9.47 Å². The number of hydrogen-bond donors (Lipinski definition) is 1. The van der Waals surface area contributed by atoms with Gasteiger partial charge in [-0.15, -0.1) is 0 Å². The summed E-state index contributed by atoms with van der Waals surface area (Å²) in [6.45, 7) is 4.89. The number of rotatable bonds is 4. The first kappa shape index (κ1) is 15.3. The predicted molar refractivity (Wildman–Crippen MR) is 83.1 cm³/mol. The Balaban J connectivity index is 1.71. The molecule has 0 unspecified atom stereocenters. The predicted octanol–water partition coefficient (Wildman–Crippen LogP) is 2.35. The fourth-order valence-corrected chi connectivity index (χ4v) is 2.81. The summed E-state index contributed by atoms with van der Waals surface area (Å²) in [5, 5.41) is 7.77. The number of morpholine rings is 1. The van der Waals surface area contributed by atoms with E-state index in [9.17, 15) is 0 Å². The van der Waals surface area contributed by atoms with Gasteiger partial charge >= 0.3 is 0 Å². The molecule has 1 aromatic carbocycles. The fourth-order valence-electron chi connectivity index (χ4n) is 2.62. The third-order valence-corrected chi connectivity index (χ3v) is 3.92. The second-order valence-electron chi connectivity index (χ2n) is 5.33. The third kappa shape index (κ3) is 3.40. The Hall–Kier alpha value is -1.63. The third-order valence-electron chi connectivity index (χ3n) is 3.69. The van der Waals surface area contributed by atoms with Gasteiger partial charge in [-0.2, -0.15) is 5.10 Å². The minimum absolute atomic E-state index is 0.108. The molecule has 0 aliphatic carbocycles. The molecular weight excluding hydrogens is 304 g/mol. The van der Waals surface area contributed by atoms with Crippen LogP contribution < -0.4 is 4.74 Å². The van der Waals surface area contributed by atoms with Crippen LogP contribution in [0.5, 0.6) is 5.75 Å². The maximum atomic E-state index is 6.10. The molecule has 1 aliphatic heterocycles. The van der Waals surface area contributed by atoms with Crippen molar-refractivity contribution in [2.45, 2.75) is 19.6 Å². The summed E-state index contributed by atoms with van der Waals surface area (Å²) < 4.78 is 11.2. The van der Waals surface area contributed by atoms with E-state index in [0.717, 1.165) is 36.8 Å². The number of nitrogens with zero attached hydrogens (tertiary/aromatic N) is 3. The van der Waals surface area contributed by atoms with Gasteiger partial charge in [0.25, 0.3) is 0 Å². The van der Waals surface area contributed by atoms with E-state index in [1.165, 1.54) is 0 Å². The van der Waals surface area contributed by atoms with E-state index in [1.54, 1.807) is 7.11 Å². The van der Waals surface area contributed by atoms with Gasteiger partial charge in [-0.1, -0.05) is 11.6 Å². The Kier molecular flexibility index (Phi) is 4.61. The van der Waals surface area contributed by atoms with E-state index in [1.807, 2.05) is 25.1 Å². The number of nitrogens with one attached hydrogen (secondary N) is 1. The maximum absolute atomic E-state index is 6.10. The molecule has 0 spiro atoms. The first-order valence-electron chi connectivity index (χ1n) is 7.21. The molecule has 2 aromatic rings. The number of methoxy groups -OCH3 is 1. The first-order chi connectivity index (χ1) is 10.7. The van der Waals surface area contributed by atoms with Crippen molar-refractivity contribution in [2.24, 2.45) is 0 Å². The highest BCUT2D eigenvalue weighted by atomic mass is 35.5. The second-order valence-corrected chi connectivity index (χ2v) is 5.77. The number of benzene rings is 1. The second kappa shape index (κ2) is 6.64. The van der Waals surface area contributed by atoms with Crippen LogP contribution >= 0.6 is 11.6 Å². The molecule has 6 nitrogen and oxygen atoms in total. The van der Waals surface area contributed by atoms with Gasteiger partial charge in [0.2, 0.25) is 0 Å². The number of aromatic nitrogens is 3. The number of hydrogen-bond acceptors (Lipinski definition) is 5. The topological polar surface area (TPSA) is 63.3 Å². The molecule has 1 aliphatic rings. The van der Waals surface area contributed by atoms with Crippen molar-refractivity contribution in [2.75, 3.05) is 26.8 Å². The number of aromatic amines is 1. The number of ether oxygens (including phenoxy) is 2. The van der Waals surface area contributed by atoms with Gasteiger partial charge in [0.05, 0.1) is 13.7 Å². The van der Waals surface area contributed by atoms with E-state index >= 15 is 0 Å². The summed E-state index contributed by atoms with van der Waals surface area (Å²) in [4.78, 5) is 6.66. The van der Waals surface area contributed by atoms with Crippen LogP contribution in [0.1, 0.15) is 23.3 Å². The molecule has 0 amide bonds. The molecule has 1 aromatic heterocycles. The molecule has 0 radical (unpaired) electrons. The minimum Gasteiger partial charge on any atom is -0.496 e. The van der Waals surface area contributed by atoms with E-state index < -0.39 is 0 Å². The van der Waals surface area contributed by atoms with Crippen LogP contribution in [0, 0.1) is 6.92 Å². The van der Waals surface area contributed by atoms with Crippen LogP contribution in [0.25, 0.3) is 0 Å². The Labute approximate surface area is 134 Å². The molecule has 7 heteroatoms. The van der Waals surface area contributed by atoms with Gasteiger partial charge in [-0.05, 0) is 25.1 Å². The summed E-state index contributed by atoms with van der Waals surface area (Å²) in [5.74, 6) is 2.36. The Bertz CT molecular complexity index is 646. The highest BCUT2D eigenvalue weighted by Gasteiger charge is 2.25. The SMILES string of the molecule is COc1ccc(Cl)cc1CN1CCO[C@H](c2n[nH]c(C)n2)C1. The molecule has 3 rings (SSSR count). The quantitative estimate of drug-likeness (QED) is 0.936. The lowest BCUT2D eigenvalue weighted by atomic mass is 10.1. The molecule has 22 heavy (non-hydrogen) atoms. The highest BCUT2D eigenvalue weighted by molar-refractivity contribution is 6.30. The van der Waals surface area contributed by atoms with Gasteiger partial charge in [-0.25, -0.2) is 4.98 Å². The maximum Gasteiger partial charge on any atom is 0.180 e. The zero-order valence-corrected chi connectivity index (χ0v) is 13.4. The average molecular weight is 323 g/mol. The van der Waals surface area contributed by atoms with Crippen molar-refractivity contribution in [3.8, 4) is 5.75 Å². The van der Waals surface area contributed by atoms with Crippen molar-refractivity contribution in [1.29, 1.82) is 0 Å². The summed E-state index contributed by atoms with van der Waals surface area (Å²) in [6, 6.07) is 5.68. The molecule has 1 atom stereocenters. The zero-order chi connectivity index (χ0) is 15.5. The zero-order valence-electron chi connectivity index (χ0n) is 12.7. The lowest BCUT2D eigenvalue weighted by Crippen LogP contribution is -2.38. The molecule has 1 N–H and O–H groups in total. The van der Waals surface area contributed by atoms with Gasteiger partial charge in [-0.3, -0.25) is 10.00 Å². The molecular formula is C15H19ClN4O2. The number of aryl methyl sites for hydroxylation is 1. The summed E-state index contributed by atoms with van der Waals surface area (Å²) >= 11 is 6.10. The van der Waals surface area contributed by atoms with Gasteiger partial charge in [0.1, 0.15) is 17.7 Å². The van der Waals surface area contributed by atoms with Crippen LogP contribution in [0.2, 0.25) is 5.02 Å². The summed E-state index contributed by atoms with van der Waals surface area (Å²) in [6.07, 6.45) is -0.108. The standard InChI is InChI=1S/C15H19ClN4O2/c1-10-17-15(19-18-10)14-9-20(5-6-22-14)8-11-7-12(16)3-4-13(11)21-2/h3-4,7,14H,5-6,8-9H2,1-2H3,(H,17,18,19)/t14-/m0/s1. The smallest absolute Gasteiger partial charge is 0.180 e. The molecule has 2 heterocycles. The minimum atomic E-state index is -0.108. The summed E-state index contributed by atoms with van der Waals surface area (Å²) in [5.41, 5.74) is 1.07. The average Bonchev–Trinajstić information content (AvgIpc) is 2.94. The van der Waals surface area contributed by atoms with E-state index in [4.69, 9.17) is 21.1 Å². The van der Waals surface area contributed by atoms with Gasteiger partial charge in [0, 0.05) is 30.2 Å². The monoisotopic (exact) mass is 322 g/mol. The van der Waals surface area contributed by atoms with Gasteiger partial charge < -0.3 is 9.47 Å². The largest absolute Gasteiger partial charge is 0.496 e. The first-order valence-corrected chi connectivity index (χ1v) is 7.59. The van der Waals surface area contributed by atoms with Crippen LogP contribution in [0.4, 0.5) is 0 Å². The lowest BCUT2D eigenvalue weighted by molar-refractivity contribution is -0.0372. The van der Waals surface area contributed by atoms with Crippen molar-refractivity contribution in [1.82, 2.24) is 20.1 Å². The number of halogens is 1. The molecule has 1 fully saturated rings. The van der Waals surface area contributed by atoms with E-state index in [-0.39, 0.29) is 6.10 Å². The van der Waals surface area contributed by atoms with E-state index in [2.05, 4.69) is 20.1 Å². The van der Waals surface area contributed by atoms with Crippen molar-refractivity contribution in [3.05, 3.63) is 40.4 Å². The fraction of sp³-hybridized carbons (Fsp3) is 0.467. The molecule has 1 saturated heterocycles. The molecule has 118 valence electrons. The van der Waals surface area contributed by atoms with Crippen molar-refractivity contribution in [3.63, 3.8) is 0 Å².